The molecule has 0 saturated heterocycles. The summed E-state index contributed by atoms with van der Waals surface area (Å²) in [5, 5.41) is 2.36. The number of fused-ring (bicyclic) bond motifs is 2. The standard InChI is InChI=1S/C21H19O2/c1(2-10-18-14-16-8-4-6-12-20(16)22-18)3-11-19-15-17-9-5-7-13-21(17)23-19/h4-10,12-15H,1-3,11H2. The lowest BCUT2D eigenvalue weighted by Gasteiger charge is -1.98. The normalized spacial score (nSPS) is 11.5. The lowest BCUT2D eigenvalue weighted by molar-refractivity contribution is 0.529. The summed E-state index contributed by atoms with van der Waals surface area (Å²) in [6.45, 7) is 0. The molecule has 0 aliphatic rings. The van der Waals surface area contributed by atoms with Crippen molar-refractivity contribution in [2.24, 2.45) is 0 Å². The Balaban J connectivity index is 1.27. The maximum atomic E-state index is 5.84. The van der Waals surface area contributed by atoms with Crippen molar-refractivity contribution in [3.8, 4) is 0 Å². The molecule has 0 aliphatic heterocycles. The zero-order valence-corrected chi connectivity index (χ0v) is 13.0. The molecule has 0 N–H and O–H groups in total. The summed E-state index contributed by atoms with van der Waals surface area (Å²) in [5.41, 5.74) is 1.94. The zero-order chi connectivity index (χ0) is 15.5. The predicted octanol–water partition coefficient (Wildman–Crippen LogP) is 6.14. The molecule has 0 aliphatic carbocycles. The van der Waals surface area contributed by atoms with Crippen LogP contribution >= 0.6 is 0 Å². The summed E-state index contributed by atoms with van der Waals surface area (Å²) in [4.78, 5) is 0. The fraction of sp³-hybridized carbons (Fsp3) is 0.190. The second-order valence-electron chi connectivity index (χ2n) is 5.89. The fourth-order valence-electron chi connectivity index (χ4n) is 2.95. The summed E-state index contributed by atoms with van der Waals surface area (Å²) >= 11 is 0. The van der Waals surface area contributed by atoms with E-state index in [0.29, 0.717) is 0 Å². The largest absolute Gasteiger partial charge is 0.461 e. The van der Waals surface area contributed by atoms with Gasteiger partial charge in [0.25, 0.3) is 0 Å². The molecular formula is C21H19O2. The highest BCUT2D eigenvalue weighted by atomic mass is 16.3. The molecule has 23 heavy (non-hydrogen) atoms. The maximum absolute atomic E-state index is 5.84. The van der Waals surface area contributed by atoms with Crippen LogP contribution in [0.3, 0.4) is 0 Å². The van der Waals surface area contributed by atoms with E-state index in [1.807, 2.05) is 36.4 Å². The minimum Gasteiger partial charge on any atom is -0.461 e. The van der Waals surface area contributed by atoms with E-state index in [0.717, 1.165) is 48.4 Å². The van der Waals surface area contributed by atoms with Crippen LogP contribution in [0, 0.1) is 6.42 Å². The van der Waals surface area contributed by atoms with Gasteiger partial charge < -0.3 is 8.83 Å². The highest BCUT2D eigenvalue weighted by molar-refractivity contribution is 5.78. The molecule has 4 rings (SSSR count). The fourth-order valence-corrected chi connectivity index (χ4v) is 2.95. The first-order valence-corrected chi connectivity index (χ1v) is 8.18. The second-order valence-corrected chi connectivity index (χ2v) is 5.89. The van der Waals surface area contributed by atoms with E-state index in [1.54, 1.807) is 0 Å². The molecule has 0 atom stereocenters. The molecule has 0 fully saturated rings. The van der Waals surface area contributed by atoms with Crippen LogP contribution in [0.5, 0.6) is 0 Å². The summed E-state index contributed by atoms with van der Waals surface area (Å²) in [7, 11) is 0. The topological polar surface area (TPSA) is 26.3 Å². The van der Waals surface area contributed by atoms with Crippen LogP contribution in [0.25, 0.3) is 21.9 Å². The van der Waals surface area contributed by atoms with Gasteiger partial charge in [0.05, 0.1) is 0 Å². The smallest absolute Gasteiger partial charge is 0.134 e. The first kappa shape index (κ1) is 14.1. The molecule has 115 valence electrons. The van der Waals surface area contributed by atoms with Crippen LogP contribution in [0.2, 0.25) is 0 Å². The van der Waals surface area contributed by atoms with Crippen LogP contribution in [-0.4, -0.2) is 0 Å². The van der Waals surface area contributed by atoms with Gasteiger partial charge in [0, 0.05) is 23.6 Å². The van der Waals surface area contributed by atoms with E-state index in [4.69, 9.17) is 8.83 Å². The molecule has 2 nitrogen and oxygen atoms in total. The zero-order valence-electron chi connectivity index (χ0n) is 13.0. The molecular weight excluding hydrogens is 284 g/mol. The van der Waals surface area contributed by atoms with Gasteiger partial charge in [-0.25, -0.2) is 0 Å². The van der Waals surface area contributed by atoms with Gasteiger partial charge in [-0.1, -0.05) is 42.8 Å². The molecule has 2 heteroatoms. The third-order valence-electron chi connectivity index (χ3n) is 4.14. The Bertz CT molecular complexity index is 772. The number of hydrogen-bond donors (Lipinski definition) is 0. The number of hydrogen-bond acceptors (Lipinski definition) is 2. The van der Waals surface area contributed by atoms with Crippen molar-refractivity contribution in [1.29, 1.82) is 0 Å². The monoisotopic (exact) mass is 303 g/mol. The van der Waals surface area contributed by atoms with E-state index in [2.05, 4.69) is 30.7 Å². The second kappa shape index (κ2) is 6.33. The van der Waals surface area contributed by atoms with E-state index >= 15 is 0 Å². The molecule has 0 spiro atoms. The summed E-state index contributed by atoms with van der Waals surface area (Å²) in [6.07, 6.45) is 6.45. The quantitative estimate of drug-likeness (QED) is 0.400. The Morgan fingerprint density at radius 3 is 2.17 bits per heavy atom. The van der Waals surface area contributed by atoms with Gasteiger partial charge in [0.1, 0.15) is 22.7 Å². The molecule has 2 aromatic heterocycles. The van der Waals surface area contributed by atoms with Crippen LogP contribution in [0.15, 0.2) is 69.5 Å². The lowest BCUT2D eigenvalue weighted by atomic mass is 10.1. The Morgan fingerprint density at radius 1 is 0.739 bits per heavy atom. The van der Waals surface area contributed by atoms with E-state index < -0.39 is 0 Å². The Morgan fingerprint density at radius 2 is 1.43 bits per heavy atom. The molecule has 0 unspecified atom stereocenters. The molecule has 0 saturated carbocycles. The average molecular weight is 303 g/mol. The Labute approximate surface area is 135 Å². The molecule has 0 amide bonds. The molecule has 4 aromatic rings. The van der Waals surface area contributed by atoms with Gasteiger partial charge in [0.15, 0.2) is 0 Å². The first-order chi connectivity index (χ1) is 11.4. The molecule has 2 heterocycles. The van der Waals surface area contributed by atoms with Gasteiger partial charge in [0.2, 0.25) is 0 Å². The summed E-state index contributed by atoms with van der Waals surface area (Å²) < 4.78 is 11.6. The minimum absolute atomic E-state index is 0.959. The molecule has 1 radical (unpaired) electrons. The van der Waals surface area contributed by atoms with Gasteiger partial charge in [-0.2, -0.15) is 0 Å². The lowest BCUT2D eigenvalue weighted by Crippen LogP contribution is -1.84. The van der Waals surface area contributed by atoms with E-state index in [1.165, 1.54) is 10.8 Å². The number of benzene rings is 2. The number of para-hydroxylation sites is 2. The van der Waals surface area contributed by atoms with Gasteiger partial charge in [-0.15, -0.1) is 0 Å². The van der Waals surface area contributed by atoms with E-state index in [9.17, 15) is 0 Å². The van der Waals surface area contributed by atoms with Gasteiger partial charge in [-0.05, 0) is 37.1 Å². The molecule has 2 aromatic carbocycles. The van der Waals surface area contributed by atoms with Gasteiger partial charge in [-0.3, -0.25) is 0 Å². The van der Waals surface area contributed by atoms with Crippen LogP contribution < -0.4 is 0 Å². The number of rotatable bonds is 6. The molecule has 0 bridgehead atoms. The minimum atomic E-state index is 0.959. The van der Waals surface area contributed by atoms with Crippen LogP contribution in [0.1, 0.15) is 30.8 Å². The van der Waals surface area contributed by atoms with Crippen LogP contribution in [-0.2, 0) is 6.42 Å². The Hall–Kier alpha value is -2.48. The van der Waals surface area contributed by atoms with Gasteiger partial charge >= 0.3 is 0 Å². The number of furan rings is 2. The number of unbranched alkanes of at least 4 members (excludes halogenated alkanes) is 2. The SMILES string of the molecule is [CH](CCCCc1cc2ccccc2o1)c1cc2ccccc2o1. The predicted molar refractivity (Wildman–Crippen MR) is 93.4 cm³/mol. The Kier molecular flexibility index (Phi) is 3.89. The van der Waals surface area contributed by atoms with Crippen molar-refractivity contribution in [1.82, 2.24) is 0 Å². The van der Waals surface area contributed by atoms with E-state index in [-0.39, 0.29) is 0 Å². The van der Waals surface area contributed by atoms with Crippen molar-refractivity contribution >= 4 is 21.9 Å². The highest BCUT2D eigenvalue weighted by Crippen LogP contribution is 2.23. The maximum Gasteiger partial charge on any atom is 0.134 e. The van der Waals surface area contributed by atoms with Crippen molar-refractivity contribution in [2.45, 2.75) is 25.7 Å². The highest BCUT2D eigenvalue weighted by Gasteiger charge is 2.05. The van der Waals surface area contributed by atoms with Crippen molar-refractivity contribution < 1.29 is 8.83 Å². The van der Waals surface area contributed by atoms with Crippen molar-refractivity contribution in [3.05, 3.63) is 78.6 Å². The average Bonchev–Trinajstić information content (AvgIpc) is 3.17. The van der Waals surface area contributed by atoms with Crippen LogP contribution in [0.4, 0.5) is 0 Å². The number of aryl methyl sites for hydroxylation is 1. The first-order valence-electron chi connectivity index (χ1n) is 8.18. The third-order valence-corrected chi connectivity index (χ3v) is 4.14. The third kappa shape index (κ3) is 3.16. The van der Waals surface area contributed by atoms with Crippen molar-refractivity contribution in [3.63, 3.8) is 0 Å². The van der Waals surface area contributed by atoms with Crippen molar-refractivity contribution in [2.75, 3.05) is 0 Å². The summed E-state index contributed by atoms with van der Waals surface area (Å²) in [6, 6.07) is 20.6. The summed E-state index contributed by atoms with van der Waals surface area (Å²) in [5.74, 6) is 2.05.